The Morgan fingerprint density at radius 1 is 1.38 bits per heavy atom. The molecule has 0 unspecified atom stereocenters. The number of nitrogens with one attached hydrogen (secondary N) is 1. The number of aromatic amines is 1. The van der Waals surface area contributed by atoms with E-state index in [2.05, 4.69) is 30.6 Å². The number of H-pyrrole nitrogens is 1. The summed E-state index contributed by atoms with van der Waals surface area (Å²) in [6.45, 7) is 1.83. The lowest BCUT2D eigenvalue weighted by atomic mass is 10.4. The summed E-state index contributed by atoms with van der Waals surface area (Å²) in [4.78, 5) is 4.13. The monoisotopic (exact) mass is 235 g/mol. The van der Waals surface area contributed by atoms with Crippen LogP contribution in [0.25, 0.3) is 17.2 Å². The molecule has 16 heavy (non-hydrogen) atoms. The van der Waals surface area contributed by atoms with Crippen molar-refractivity contribution in [2.75, 3.05) is 0 Å². The zero-order chi connectivity index (χ0) is 11.1. The van der Waals surface area contributed by atoms with Crippen molar-refractivity contribution >= 4 is 17.2 Å². The van der Waals surface area contributed by atoms with E-state index in [9.17, 15) is 0 Å². The average molecular weight is 236 g/mol. The zero-order valence-corrected chi connectivity index (χ0v) is 8.97. The van der Waals surface area contributed by atoms with Gasteiger partial charge in [0.2, 0.25) is 0 Å². The standard InChI is InChI=1S/C8H6ClN7/c1-4-11-6(9)2-7-13-14-8(16(4)7)5-3-10-15-12-5/h2-3H,1H3,(H,10,12,15). The number of nitrogens with zero attached hydrogens (tertiary/aromatic N) is 6. The van der Waals surface area contributed by atoms with Crippen LogP contribution in [0.4, 0.5) is 0 Å². The van der Waals surface area contributed by atoms with E-state index in [0.29, 0.717) is 28.1 Å². The molecule has 1 N–H and O–H groups in total. The largest absolute Gasteiger partial charge is 0.261 e. The van der Waals surface area contributed by atoms with Crippen molar-refractivity contribution in [3.8, 4) is 11.5 Å². The molecule has 8 heteroatoms. The molecule has 0 fully saturated rings. The van der Waals surface area contributed by atoms with Gasteiger partial charge in [-0.05, 0) is 6.92 Å². The molecule has 0 radical (unpaired) electrons. The van der Waals surface area contributed by atoms with E-state index in [1.807, 2.05) is 6.92 Å². The number of halogens is 1. The minimum Gasteiger partial charge on any atom is -0.261 e. The smallest absolute Gasteiger partial charge is 0.192 e. The second kappa shape index (κ2) is 3.24. The third-order valence-electron chi connectivity index (χ3n) is 2.17. The first-order valence-corrected chi connectivity index (χ1v) is 4.88. The highest BCUT2D eigenvalue weighted by atomic mass is 35.5. The van der Waals surface area contributed by atoms with Crippen LogP contribution in [-0.2, 0) is 0 Å². The van der Waals surface area contributed by atoms with Crippen LogP contribution in [0, 0.1) is 6.92 Å². The number of aryl methyl sites for hydroxylation is 1. The molecular formula is C8H6ClN7. The van der Waals surface area contributed by atoms with Crippen LogP contribution in [0.15, 0.2) is 12.3 Å². The lowest BCUT2D eigenvalue weighted by molar-refractivity contribution is 0.931. The van der Waals surface area contributed by atoms with Crippen LogP contribution in [0.3, 0.4) is 0 Å². The van der Waals surface area contributed by atoms with E-state index in [-0.39, 0.29) is 0 Å². The fourth-order valence-corrected chi connectivity index (χ4v) is 1.75. The van der Waals surface area contributed by atoms with Gasteiger partial charge in [0.1, 0.15) is 11.0 Å². The van der Waals surface area contributed by atoms with Crippen molar-refractivity contribution in [1.29, 1.82) is 0 Å². The van der Waals surface area contributed by atoms with Crippen molar-refractivity contribution in [3.63, 3.8) is 0 Å². The van der Waals surface area contributed by atoms with Crippen LogP contribution in [-0.4, -0.2) is 35.0 Å². The fraction of sp³-hybridized carbons (Fsp3) is 0.125. The summed E-state index contributed by atoms with van der Waals surface area (Å²) >= 11 is 5.83. The van der Waals surface area contributed by atoms with Gasteiger partial charge in [-0.1, -0.05) is 11.6 Å². The minimum absolute atomic E-state index is 0.393. The molecule has 0 atom stereocenters. The number of fused-ring (bicyclic) bond motifs is 1. The Balaban J connectivity index is 2.36. The molecule has 3 aromatic rings. The Morgan fingerprint density at radius 3 is 3.00 bits per heavy atom. The van der Waals surface area contributed by atoms with Gasteiger partial charge < -0.3 is 0 Å². The summed E-state index contributed by atoms with van der Waals surface area (Å²) in [6.07, 6.45) is 1.57. The molecule has 0 saturated heterocycles. The van der Waals surface area contributed by atoms with Crippen molar-refractivity contribution in [2.24, 2.45) is 0 Å². The van der Waals surface area contributed by atoms with Gasteiger partial charge in [0.25, 0.3) is 0 Å². The highest BCUT2D eigenvalue weighted by Gasteiger charge is 2.13. The predicted octanol–water partition coefficient (Wildman–Crippen LogP) is 0.871. The van der Waals surface area contributed by atoms with E-state index in [1.165, 1.54) is 0 Å². The lowest BCUT2D eigenvalue weighted by Gasteiger charge is -2.00. The van der Waals surface area contributed by atoms with E-state index in [1.54, 1.807) is 16.7 Å². The number of hydrogen-bond donors (Lipinski definition) is 1. The summed E-state index contributed by atoms with van der Waals surface area (Å²) in [5.74, 6) is 1.29. The maximum absolute atomic E-state index is 5.83. The second-order valence-electron chi connectivity index (χ2n) is 3.20. The van der Waals surface area contributed by atoms with Gasteiger partial charge in [-0.3, -0.25) is 4.40 Å². The van der Waals surface area contributed by atoms with E-state index >= 15 is 0 Å². The van der Waals surface area contributed by atoms with Crippen molar-refractivity contribution in [2.45, 2.75) is 6.92 Å². The Kier molecular flexibility index (Phi) is 1.87. The summed E-state index contributed by atoms with van der Waals surface area (Å²) < 4.78 is 1.77. The van der Waals surface area contributed by atoms with Gasteiger partial charge >= 0.3 is 0 Å². The second-order valence-corrected chi connectivity index (χ2v) is 3.59. The lowest BCUT2D eigenvalue weighted by Crippen LogP contribution is -1.98. The number of aromatic nitrogens is 7. The molecule has 0 aromatic carbocycles. The van der Waals surface area contributed by atoms with Gasteiger partial charge in [0.15, 0.2) is 17.2 Å². The topological polar surface area (TPSA) is 84.6 Å². The third kappa shape index (κ3) is 1.25. The van der Waals surface area contributed by atoms with Gasteiger partial charge in [0, 0.05) is 6.07 Å². The quantitative estimate of drug-likeness (QED) is 0.633. The van der Waals surface area contributed by atoms with Gasteiger partial charge in [-0.15, -0.1) is 10.2 Å². The maximum atomic E-state index is 5.83. The molecule has 0 saturated carbocycles. The number of rotatable bonds is 1. The first kappa shape index (κ1) is 9.22. The zero-order valence-electron chi connectivity index (χ0n) is 8.22. The average Bonchev–Trinajstić information content (AvgIpc) is 2.82. The number of hydrogen-bond acceptors (Lipinski definition) is 5. The highest BCUT2D eigenvalue weighted by molar-refractivity contribution is 6.29. The third-order valence-corrected chi connectivity index (χ3v) is 2.37. The first-order valence-electron chi connectivity index (χ1n) is 4.50. The van der Waals surface area contributed by atoms with Crippen LogP contribution in [0.2, 0.25) is 5.15 Å². The summed E-state index contributed by atoms with van der Waals surface area (Å²) in [7, 11) is 0. The molecular weight excluding hydrogens is 230 g/mol. The normalized spacial score (nSPS) is 11.1. The highest BCUT2D eigenvalue weighted by Crippen LogP contribution is 2.18. The summed E-state index contributed by atoms with van der Waals surface area (Å²) in [6, 6.07) is 1.64. The minimum atomic E-state index is 0.393. The molecule has 3 aromatic heterocycles. The Morgan fingerprint density at radius 2 is 2.25 bits per heavy atom. The molecule has 0 amide bonds. The molecule has 80 valence electrons. The van der Waals surface area contributed by atoms with Crippen molar-refractivity contribution in [3.05, 3.63) is 23.2 Å². The molecule has 0 aliphatic heterocycles. The van der Waals surface area contributed by atoms with Crippen LogP contribution in [0.1, 0.15) is 5.82 Å². The molecule has 3 rings (SSSR count). The van der Waals surface area contributed by atoms with Gasteiger partial charge in [0.05, 0.1) is 6.20 Å². The molecule has 0 bridgehead atoms. The molecule has 0 aliphatic carbocycles. The van der Waals surface area contributed by atoms with E-state index in [4.69, 9.17) is 11.6 Å². The molecule has 7 nitrogen and oxygen atoms in total. The Bertz CT molecular complexity index is 642. The molecule has 0 aliphatic rings. The predicted molar refractivity (Wildman–Crippen MR) is 55.9 cm³/mol. The van der Waals surface area contributed by atoms with Gasteiger partial charge in [-0.2, -0.15) is 15.4 Å². The van der Waals surface area contributed by atoms with Crippen molar-refractivity contribution < 1.29 is 0 Å². The van der Waals surface area contributed by atoms with Crippen LogP contribution in [0.5, 0.6) is 0 Å². The van der Waals surface area contributed by atoms with E-state index in [0.717, 1.165) is 0 Å². The first-order chi connectivity index (χ1) is 7.75. The SMILES string of the molecule is Cc1nc(Cl)cc2nnc(-c3cn[nH]n3)n12. The summed E-state index contributed by atoms with van der Waals surface area (Å²) in [5.41, 5.74) is 1.25. The van der Waals surface area contributed by atoms with Crippen LogP contribution >= 0.6 is 11.6 Å². The molecule has 0 spiro atoms. The Labute approximate surface area is 94.5 Å². The Hall–Kier alpha value is -2.02. The fourth-order valence-electron chi connectivity index (χ4n) is 1.53. The maximum Gasteiger partial charge on any atom is 0.192 e. The van der Waals surface area contributed by atoms with Crippen molar-refractivity contribution in [1.82, 2.24) is 35.0 Å². The van der Waals surface area contributed by atoms with Crippen LogP contribution < -0.4 is 0 Å². The summed E-state index contributed by atoms with van der Waals surface area (Å²) in [5, 5.41) is 18.6. The van der Waals surface area contributed by atoms with E-state index < -0.39 is 0 Å². The molecule has 3 heterocycles. The van der Waals surface area contributed by atoms with Gasteiger partial charge in [-0.25, -0.2) is 4.98 Å².